The van der Waals surface area contributed by atoms with Crippen LogP contribution in [0, 0.1) is 0 Å². The van der Waals surface area contributed by atoms with Gasteiger partial charge in [-0.1, -0.05) is 97.1 Å². The van der Waals surface area contributed by atoms with Crippen LogP contribution in [0.5, 0.6) is 0 Å². The van der Waals surface area contributed by atoms with E-state index in [1.165, 1.54) is 87.6 Å². The summed E-state index contributed by atoms with van der Waals surface area (Å²) in [6.07, 6.45) is 17.2. The first-order valence-corrected chi connectivity index (χ1v) is 19.8. The van der Waals surface area contributed by atoms with Gasteiger partial charge in [-0.2, -0.15) is 0 Å². The zero-order valence-electron chi connectivity index (χ0n) is 31.3. The largest absolute Gasteiger partial charge is 0.309 e. The van der Waals surface area contributed by atoms with Crippen LogP contribution < -0.4 is 10.6 Å². The fourth-order valence-corrected chi connectivity index (χ4v) is 9.91. The summed E-state index contributed by atoms with van der Waals surface area (Å²) in [6.45, 7) is 0. The van der Waals surface area contributed by atoms with Gasteiger partial charge in [0, 0.05) is 67.4 Å². The highest BCUT2D eigenvalue weighted by Crippen LogP contribution is 2.43. The predicted octanol–water partition coefficient (Wildman–Crippen LogP) is 11.2. The first-order valence-electron chi connectivity index (χ1n) is 19.8. The number of pyridine rings is 2. The van der Waals surface area contributed by atoms with Gasteiger partial charge in [0.15, 0.2) is 0 Å². The zero-order chi connectivity index (χ0) is 37.9. The number of rotatable bonds is 3. The average molecular weight is 740 g/mol. The number of benzene rings is 6. The Balaban J connectivity index is 1.08. The molecule has 270 valence electrons. The van der Waals surface area contributed by atoms with E-state index in [9.17, 15) is 0 Å². The van der Waals surface area contributed by atoms with Crippen molar-refractivity contribution in [2.45, 2.75) is 5.92 Å². The van der Waals surface area contributed by atoms with Crippen LogP contribution in [-0.2, 0) is 0 Å². The average Bonchev–Trinajstić information content (AvgIpc) is 3.82. The minimum absolute atomic E-state index is 0.0384. The molecule has 1 unspecified atom stereocenters. The van der Waals surface area contributed by atoms with Crippen molar-refractivity contribution in [1.82, 2.24) is 23.7 Å². The fraction of sp³-hybridized carbons (Fsp3) is 0.0189. The summed E-state index contributed by atoms with van der Waals surface area (Å²) in [6, 6.07) is 53.2. The molecular weight excluding hydrogens is 707 g/mol. The maximum atomic E-state index is 4.64. The van der Waals surface area contributed by atoms with E-state index in [0.29, 0.717) is 0 Å². The van der Waals surface area contributed by atoms with Crippen molar-refractivity contribution in [2.24, 2.45) is 0 Å². The molecule has 1 aliphatic heterocycles. The molecular formula is C53H33N5. The molecule has 5 aromatic heterocycles. The van der Waals surface area contributed by atoms with E-state index < -0.39 is 0 Å². The van der Waals surface area contributed by atoms with Crippen molar-refractivity contribution in [1.29, 1.82) is 0 Å². The molecule has 2 aliphatic rings. The summed E-state index contributed by atoms with van der Waals surface area (Å²) in [5, 5.41) is 8.50. The molecule has 0 saturated heterocycles. The third kappa shape index (κ3) is 4.35. The Hall–Kier alpha value is -7.76. The molecule has 1 aliphatic carbocycles. The molecule has 5 nitrogen and oxygen atoms in total. The maximum absolute atomic E-state index is 4.64. The molecule has 5 heteroatoms. The second-order valence-electron chi connectivity index (χ2n) is 15.4. The number of nitrogens with zero attached hydrogens (tertiary/aromatic N) is 5. The number of allylic oxidation sites excluding steroid dienone is 2. The van der Waals surface area contributed by atoms with Crippen molar-refractivity contribution < 1.29 is 0 Å². The van der Waals surface area contributed by atoms with Gasteiger partial charge in [0.1, 0.15) is 0 Å². The Labute approximate surface area is 333 Å². The number of fused-ring (bicyclic) bond motifs is 15. The highest BCUT2D eigenvalue weighted by atomic mass is 15.0. The molecule has 0 radical (unpaired) electrons. The molecule has 58 heavy (non-hydrogen) atoms. The fourth-order valence-electron chi connectivity index (χ4n) is 9.91. The van der Waals surface area contributed by atoms with Gasteiger partial charge in [-0.3, -0.25) is 9.97 Å². The van der Waals surface area contributed by atoms with Gasteiger partial charge in [-0.15, -0.1) is 0 Å². The monoisotopic (exact) mass is 739 g/mol. The van der Waals surface area contributed by atoms with Crippen LogP contribution in [0.25, 0.3) is 106 Å². The number of aromatic nitrogens is 5. The lowest BCUT2D eigenvalue weighted by Crippen LogP contribution is -2.29. The lowest BCUT2D eigenvalue weighted by Gasteiger charge is -2.22. The van der Waals surface area contributed by atoms with Crippen molar-refractivity contribution in [3.63, 3.8) is 0 Å². The van der Waals surface area contributed by atoms with E-state index >= 15 is 0 Å². The summed E-state index contributed by atoms with van der Waals surface area (Å²) >= 11 is 0. The van der Waals surface area contributed by atoms with E-state index in [1.807, 2.05) is 24.8 Å². The lowest BCUT2D eigenvalue weighted by atomic mass is 9.87. The number of hydrogen-bond acceptors (Lipinski definition) is 2. The van der Waals surface area contributed by atoms with Gasteiger partial charge < -0.3 is 13.7 Å². The van der Waals surface area contributed by atoms with E-state index in [0.717, 1.165) is 22.4 Å². The van der Waals surface area contributed by atoms with Crippen LogP contribution in [0.15, 0.2) is 183 Å². The van der Waals surface area contributed by atoms with Crippen LogP contribution in [-0.4, -0.2) is 23.7 Å². The highest BCUT2D eigenvalue weighted by Gasteiger charge is 2.25. The Kier molecular flexibility index (Phi) is 6.44. The zero-order valence-corrected chi connectivity index (χ0v) is 31.3. The van der Waals surface area contributed by atoms with Crippen molar-refractivity contribution >= 4 is 66.7 Å². The van der Waals surface area contributed by atoms with Gasteiger partial charge in [-0.05, 0) is 95.1 Å². The second kappa shape index (κ2) is 11.9. The molecule has 6 heterocycles. The molecule has 0 spiro atoms. The van der Waals surface area contributed by atoms with Gasteiger partial charge in [0.05, 0.1) is 51.0 Å². The predicted molar refractivity (Wildman–Crippen MR) is 238 cm³/mol. The van der Waals surface area contributed by atoms with Gasteiger partial charge in [0.25, 0.3) is 0 Å². The molecule has 0 saturated carbocycles. The smallest absolute Gasteiger partial charge is 0.0724 e. The van der Waals surface area contributed by atoms with Gasteiger partial charge in [-0.25, -0.2) is 0 Å². The third-order valence-electron chi connectivity index (χ3n) is 12.4. The first-order chi connectivity index (χ1) is 28.8. The molecule has 0 amide bonds. The van der Waals surface area contributed by atoms with Crippen molar-refractivity contribution in [3.8, 4) is 39.3 Å². The van der Waals surface area contributed by atoms with Crippen molar-refractivity contribution in [3.05, 3.63) is 199 Å². The van der Waals surface area contributed by atoms with E-state index in [1.54, 1.807) is 0 Å². The SMILES string of the molecule is C1=CC2C=c3c(c4cc(-n5c6ccccc6c6ccncc65)ccc4n3-c3ccccc3-c3cc4c5ccncc5n(-c5cccc(-c6ccccc6)c5)c4cc32)=C1. The Morgan fingerprint density at radius 2 is 1.16 bits per heavy atom. The highest BCUT2D eigenvalue weighted by molar-refractivity contribution is 6.12. The topological polar surface area (TPSA) is 40.6 Å². The maximum Gasteiger partial charge on any atom is 0.0724 e. The van der Waals surface area contributed by atoms with Crippen LogP contribution in [0.2, 0.25) is 0 Å². The molecule has 11 aromatic rings. The minimum Gasteiger partial charge on any atom is -0.309 e. The molecule has 6 aromatic carbocycles. The van der Waals surface area contributed by atoms with Crippen LogP contribution in [0.4, 0.5) is 0 Å². The van der Waals surface area contributed by atoms with Gasteiger partial charge >= 0.3 is 0 Å². The van der Waals surface area contributed by atoms with Crippen LogP contribution in [0.3, 0.4) is 0 Å². The summed E-state index contributed by atoms with van der Waals surface area (Å²) in [7, 11) is 0. The molecule has 0 fully saturated rings. The standard InChI is InChI=1S/C53H33N5/c1-2-10-33(11-3-1)34-12-8-14-36(26-34)57-51-30-43-35-13-9-17-40-45-28-37(56-47-18-6-4-15-38(47)41-22-24-54-31-52(41)56)20-21-49(45)58(50(40)27-35)48-19-7-5-16-39(48)44(43)29-46(51)42-23-25-55-32-53(42)57/h1-32,35H. The minimum atomic E-state index is 0.0384. The van der Waals surface area contributed by atoms with Crippen LogP contribution in [0.1, 0.15) is 11.5 Å². The second-order valence-corrected chi connectivity index (χ2v) is 15.4. The van der Waals surface area contributed by atoms with Gasteiger partial charge in [0.2, 0.25) is 0 Å². The molecule has 0 N–H and O–H groups in total. The summed E-state index contributed by atoms with van der Waals surface area (Å²) in [4.78, 5) is 9.19. The first kappa shape index (κ1) is 31.4. The lowest BCUT2D eigenvalue weighted by molar-refractivity contribution is 1.03. The third-order valence-corrected chi connectivity index (χ3v) is 12.4. The van der Waals surface area contributed by atoms with E-state index in [4.69, 9.17) is 0 Å². The molecule has 13 rings (SSSR count). The Morgan fingerprint density at radius 3 is 2.03 bits per heavy atom. The quantitative estimate of drug-likeness (QED) is 0.181. The van der Waals surface area contributed by atoms with Crippen molar-refractivity contribution in [2.75, 3.05) is 0 Å². The number of hydrogen-bond donors (Lipinski definition) is 0. The molecule has 1 atom stereocenters. The van der Waals surface area contributed by atoms with E-state index in [-0.39, 0.29) is 5.92 Å². The summed E-state index contributed by atoms with van der Waals surface area (Å²) in [5.41, 5.74) is 15.3. The Bertz CT molecular complexity index is 3640. The normalized spacial score (nSPS) is 14.2. The number of para-hydroxylation sites is 2. The van der Waals surface area contributed by atoms with E-state index in [2.05, 4.69) is 194 Å². The van der Waals surface area contributed by atoms with Crippen LogP contribution >= 0.6 is 0 Å². The summed E-state index contributed by atoms with van der Waals surface area (Å²) in [5.74, 6) is 0.0384. The molecule has 2 bridgehead atoms. The Morgan fingerprint density at radius 1 is 0.448 bits per heavy atom. The summed E-state index contributed by atoms with van der Waals surface area (Å²) < 4.78 is 7.25.